The summed E-state index contributed by atoms with van der Waals surface area (Å²) < 4.78 is 4.89. The molecular formula is C7H11NO2. The number of rotatable bonds is 3. The summed E-state index contributed by atoms with van der Waals surface area (Å²) in [5.41, 5.74) is 0.807. The average molecular weight is 141 g/mol. The standard InChI is InChI=1S/C7H11NO2/c1-2-3-7-6(5-9)4-8-10-7/h4,9H,2-3,5H2,1H3. The molecule has 3 nitrogen and oxygen atoms in total. The molecule has 0 atom stereocenters. The van der Waals surface area contributed by atoms with Gasteiger partial charge in [-0.2, -0.15) is 0 Å². The van der Waals surface area contributed by atoms with Crippen molar-refractivity contribution in [2.75, 3.05) is 0 Å². The van der Waals surface area contributed by atoms with Gasteiger partial charge >= 0.3 is 0 Å². The van der Waals surface area contributed by atoms with Gasteiger partial charge in [0, 0.05) is 12.0 Å². The lowest BCUT2D eigenvalue weighted by Gasteiger charge is -1.92. The van der Waals surface area contributed by atoms with Crippen LogP contribution in [0.1, 0.15) is 24.7 Å². The van der Waals surface area contributed by atoms with Crippen LogP contribution >= 0.6 is 0 Å². The van der Waals surface area contributed by atoms with Crippen LogP contribution in [0, 0.1) is 0 Å². The molecule has 56 valence electrons. The Kier molecular flexibility index (Phi) is 2.45. The summed E-state index contributed by atoms with van der Waals surface area (Å²) in [6.45, 7) is 2.09. The molecule has 1 heterocycles. The molecule has 1 aromatic heterocycles. The zero-order valence-corrected chi connectivity index (χ0v) is 6.00. The van der Waals surface area contributed by atoms with E-state index >= 15 is 0 Å². The van der Waals surface area contributed by atoms with Crippen LogP contribution in [-0.2, 0) is 13.0 Å². The Hall–Kier alpha value is -0.830. The summed E-state index contributed by atoms with van der Waals surface area (Å²) in [5, 5.41) is 12.3. The average Bonchev–Trinajstić information content (AvgIpc) is 2.36. The van der Waals surface area contributed by atoms with Crippen LogP contribution < -0.4 is 0 Å². The van der Waals surface area contributed by atoms with Gasteiger partial charge in [-0.3, -0.25) is 0 Å². The third-order valence-corrected chi connectivity index (χ3v) is 1.38. The second kappa shape index (κ2) is 3.37. The third kappa shape index (κ3) is 1.36. The molecule has 3 heteroatoms. The molecule has 1 rings (SSSR count). The minimum absolute atomic E-state index is 0.0266. The lowest BCUT2D eigenvalue weighted by atomic mass is 10.2. The Bertz CT molecular complexity index is 195. The molecule has 0 aliphatic carbocycles. The Morgan fingerprint density at radius 2 is 2.50 bits per heavy atom. The lowest BCUT2D eigenvalue weighted by molar-refractivity contribution is 0.277. The van der Waals surface area contributed by atoms with Gasteiger partial charge in [-0.1, -0.05) is 12.1 Å². The fourth-order valence-corrected chi connectivity index (χ4v) is 0.846. The largest absolute Gasteiger partial charge is 0.391 e. The number of nitrogens with zero attached hydrogens (tertiary/aromatic N) is 1. The van der Waals surface area contributed by atoms with Crippen molar-refractivity contribution in [3.05, 3.63) is 17.5 Å². The normalized spacial score (nSPS) is 10.2. The zero-order valence-electron chi connectivity index (χ0n) is 6.00. The SMILES string of the molecule is CCCc1oncc1CO. The maximum absolute atomic E-state index is 8.73. The van der Waals surface area contributed by atoms with E-state index in [2.05, 4.69) is 12.1 Å². The number of aliphatic hydroxyl groups is 1. The van der Waals surface area contributed by atoms with Gasteiger partial charge in [0.1, 0.15) is 5.76 Å². The monoisotopic (exact) mass is 141 g/mol. The van der Waals surface area contributed by atoms with E-state index < -0.39 is 0 Å². The summed E-state index contributed by atoms with van der Waals surface area (Å²) in [4.78, 5) is 0. The second-order valence-corrected chi connectivity index (χ2v) is 2.18. The predicted molar refractivity (Wildman–Crippen MR) is 36.4 cm³/mol. The fourth-order valence-electron chi connectivity index (χ4n) is 0.846. The molecule has 1 aromatic rings. The summed E-state index contributed by atoms with van der Waals surface area (Å²) in [6.07, 6.45) is 3.43. The van der Waals surface area contributed by atoms with Crippen LogP contribution in [0.2, 0.25) is 0 Å². The van der Waals surface area contributed by atoms with Crippen molar-refractivity contribution < 1.29 is 9.63 Å². The van der Waals surface area contributed by atoms with Crippen molar-refractivity contribution in [1.82, 2.24) is 5.16 Å². The fraction of sp³-hybridized carbons (Fsp3) is 0.571. The van der Waals surface area contributed by atoms with E-state index in [0.29, 0.717) is 0 Å². The van der Waals surface area contributed by atoms with Crippen LogP contribution in [0.15, 0.2) is 10.7 Å². The van der Waals surface area contributed by atoms with E-state index in [0.717, 1.165) is 24.2 Å². The van der Waals surface area contributed by atoms with E-state index in [1.807, 2.05) is 0 Å². The van der Waals surface area contributed by atoms with Gasteiger partial charge < -0.3 is 9.63 Å². The van der Waals surface area contributed by atoms with E-state index in [4.69, 9.17) is 9.63 Å². The first-order valence-electron chi connectivity index (χ1n) is 3.41. The van der Waals surface area contributed by atoms with Crippen LogP contribution in [0.25, 0.3) is 0 Å². The number of hydrogen-bond donors (Lipinski definition) is 1. The first kappa shape index (κ1) is 7.28. The molecular weight excluding hydrogens is 130 g/mol. The van der Waals surface area contributed by atoms with Gasteiger partial charge in [-0.25, -0.2) is 0 Å². The molecule has 0 bridgehead atoms. The van der Waals surface area contributed by atoms with Gasteiger partial charge in [-0.05, 0) is 6.42 Å². The minimum atomic E-state index is 0.0266. The highest BCUT2D eigenvalue weighted by Gasteiger charge is 2.03. The second-order valence-electron chi connectivity index (χ2n) is 2.18. The number of aryl methyl sites for hydroxylation is 1. The van der Waals surface area contributed by atoms with E-state index in [1.54, 1.807) is 6.20 Å². The topological polar surface area (TPSA) is 46.3 Å². The van der Waals surface area contributed by atoms with Gasteiger partial charge in [0.05, 0.1) is 12.8 Å². The molecule has 10 heavy (non-hydrogen) atoms. The Morgan fingerprint density at radius 3 is 3.10 bits per heavy atom. The van der Waals surface area contributed by atoms with Crippen molar-refractivity contribution in [2.45, 2.75) is 26.4 Å². The van der Waals surface area contributed by atoms with Crippen molar-refractivity contribution >= 4 is 0 Å². The van der Waals surface area contributed by atoms with Crippen LogP contribution in [-0.4, -0.2) is 10.3 Å². The van der Waals surface area contributed by atoms with Crippen molar-refractivity contribution in [2.24, 2.45) is 0 Å². The first-order valence-corrected chi connectivity index (χ1v) is 3.41. The summed E-state index contributed by atoms with van der Waals surface area (Å²) >= 11 is 0. The van der Waals surface area contributed by atoms with Gasteiger partial charge in [0.25, 0.3) is 0 Å². The summed E-state index contributed by atoms with van der Waals surface area (Å²) in [7, 11) is 0. The molecule has 0 spiro atoms. The predicted octanol–water partition coefficient (Wildman–Crippen LogP) is 1.12. The maximum atomic E-state index is 8.73. The van der Waals surface area contributed by atoms with Crippen LogP contribution in [0.3, 0.4) is 0 Å². The number of hydrogen-bond acceptors (Lipinski definition) is 3. The number of aliphatic hydroxyl groups excluding tert-OH is 1. The first-order chi connectivity index (χ1) is 4.88. The highest BCUT2D eigenvalue weighted by molar-refractivity contribution is 5.11. The summed E-state index contributed by atoms with van der Waals surface area (Å²) in [5.74, 6) is 0.810. The Balaban J connectivity index is 2.70. The highest BCUT2D eigenvalue weighted by atomic mass is 16.5. The van der Waals surface area contributed by atoms with Crippen LogP contribution in [0.5, 0.6) is 0 Å². The Labute approximate surface area is 59.7 Å². The Morgan fingerprint density at radius 1 is 1.70 bits per heavy atom. The highest BCUT2D eigenvalue weighted by Crippen LogP contribution is 2.09. The van der Waals surface area contributed by atoms with E-state index in [1.165, 1.54) is 0 Å². The maximum Gasteiger partial charge on any atom is 0.142 e. The van der Waals surface area contributed by atoms with Crippen molar-refractivity contribution in [1.29, 1.82) is 0 Å². The number of aromatic nitrogens is 1. The molecule has 0 aliphatic rings. The van der Waals surface area contributed by atoms with Crippen LogP contribution in [0.4, 0.5) is 0 Å². The molecule has 0 saturated carbocycles. The van der Waals surface area contributed by atoms with Gasteiger partial charge in [-0.15, -0.1) is 0 Å². The third-order valence-electron chi connectivity index (χ3n) is 1.38. The minimum Gasteiger partial charge on any atom is -0.391 e. The smallest absolute Gasteiger partial charge is 0.142 e. The van der Waals surface area contributed by atoms with Gasteiger partial charge in [0.15, 0.2) is 0 Å². The molecule has 0 unspecified atom stereocenters. The molecule has 0 amide bonds. The van der Waals surface area contributed by atoms with Gasteiger partial charge in [0.2, 0.25) is 0 Å². The quantitative estimate of drug-likeness (QED) is 0.686. The molecule has 0 aliphatic heterocycles. The van der Waals surface area contributed by atoms with E-state index in [-0.39, 0.29) is 6.61 Å². The van der Waals surface area contributed by atoms with Crippen molar-refractivity contribution in [3.63, 3.8) is 0 Å². The molecule has 1 N–H and O–H groups in total. The zero-order chi connectivity index (χ0) is 7.40. The van der Waals surface area contributed by atoms with Crippen molar-refractivity contribution in [3.8, 4) is 0 Å². The van der Waals surface area contributed by atoms with E-state index in [9.17, 15) is 0 Å². The molecule has 0 aromatic carbocycles. The molecule has 0 radical (unpaired) electrons. The lowest BCUT2D eigenvalue weighted by Crippen LogP contribution is -1.87. The molecule has 0 fully saturated rings. The molecule has 0 saturated heterocycles. The summed E-state index contributed by atoms with van der Waals surface area (Å²) in [6, 6.07) is 0.